The lowest BCUT2D eigenvalue weighted by Gasteiger charge is -2.22. The van der Waals surface area contributed by atoms with E-state index in [0.717, 1.165) is 18.4 Å². The number of benzene rings is 1. The number of amides is 1. The molecule has 0 atom stereocenters. The zero-order chi connectivity index (χ0) is 12.4. The fourth-order valence-corrected chi connectivity index (χ4v) is 2.04. The second-order valence-corrected chi connectivity index (χ2v) is 4.60. The Kier molecular flexibility index (Phi) is 2.84. The lowest BCUT2D eigenvalue weighted by Crippen LogP contribution is -2.35. The molecule has 1 amide bonds. The van der Waals surface area contributed by atoms with Crippen LogP contribution in [0.2, 0.25) is 0 Å². The van der Waals surface area contributed by atoms with Crippen molar-refractivity contribution >= 4 is 6.03 Å². The predicted molar refractivity (Wildman–Crippen MR) is 68.0 cm³/mol. The van der Waals surface area contributed by atoms with Crippen LogP contribution in [0.15, 0.2) is 49.1 Å². The van der Waals surface area contributed by atoms with E-state index in [1.807, 2.05) is 23.1 Å². The summed E-state index contributed by atoms with van der Waals surface area (Å²) in [5.41, 5.74) is 1.16. The molecule has 0 N–H and O–H groups in total. The van der Waals surface area contributed by atoms with Crippen LogP contribution in [0.3, 0.4) is 0 Å². The largest absolute Gasteiger partial charge is 0.329 e. The zero-order valence-electron chi connectivity index (χ0n) is 10.1. The topological polar surface area (TPSA) is 38.1 Å². The van der Waals surface area contributed by atoms with Crippen LogP contribution < -0.4 is 0 Å². The summed E-state index contributed by atoms with van der Waals surface area (Å²) in [6, 6.07) is 10.5. The number of hydrogen-bond acceptors (Lipinski definition) is 2. The van der Waals surface area contributed by atoms with Gasteiger partial charge in [-0.1, -0.05) is 30.3 Å². The average molecular weight is 241 g/mol. The van der Waals surface area contributed by atoms with Crippen LogP contribution in [0.1, 0.15) is 18.4 Å². The van der Waals surface area contributed by atoms with Crippen LogP contribution >= 0.6 is 0 Å². The minimum atomic E-state index is 0.0128. The van der Waals surface area contributed by atoms with Crippen molar-refractivity contribution in [2.75, 3.05) is 0 Å². The van der Waals surface area contributed by atoms with Gasteiger partial charge >= 0.3 is 6.03 Å². The van der Waals surface area contributed by atoms with Crippen molar-refractivity contribution in [3.8, 4) is 0 Å². The van der Waals surface area contributed by atoms with Crippen LogP contribution in [0, 0.1) is 0 Å². The highest BCUT2D eigenvalue weighted by atomic mass is 16.2. The van der Waals surface area contributed by atoms with Gasteiger partial charge in [-0.25, -0.2) is 9.78 Å². The lowest BCUT2D eigenvalue weighted by atomic mass is 10.2. The third-order valence-electron chi connectivity index (χ3n) is 3.15. The van der Waals surface area contributed by atoms with Gasteiger partial charge in [0.1, 0.15) is 6.33 Å². The molecule has 92 valence electrons. The van der Waals surface area contributed by atoms with E-state index in [2.05, 4.69) is 17.1 Å². The molecule has 1 saturated carbocycles. The van der Waals surface area contributed by atoms with Gasteiger partial charge in [-0.15, -0.1) is 0 Å². The van der Waals surface area contributed by atoms with E-state index >= 15 is 0 Å². The number of aromatic nitrogens is 2. The third-order valence-corrected chi connectivity index (χ3v) is 3.15. The Balaban J connectivity index is 1.79. The molecule has 2 aromatic rings. The predicted octanol–water partition coefficient (Wildman–Crippen LogP) is 2.52. The fraction of sp³-hybridized carbons (Fsp3) is 0.286. The van der Waals surface area contributed by atoms with Gasteiger partial charge in [0.25, 0.3) is 0 Å². The Morgan fingerprint density at radius 1 is 1.33 bits per heavy atom. The Labute approximate surface area is 106 Å². The fourth-order valence-electron chi connectivity index (χ4n) is 2.04. The first-order valence-corrected chi connectivity index (χ1v) is 6.17. The summed E-state index contributed by atoms with van der Waals surface area (Å²) in [4.78, 5) is 18.2. The number of carbonyl (C=O) groups is 1. The van der Waals surface area contributed by atoms with Gasteiger partial charge in [-0.05, 0) is 18.4 Å². The molecular formula is C14H15N3O. The van der Waals surface area contributed by atoms with Gasteiger partial charge in [0.15, 0.2) is 0 Å². The molecule has 0 unspecified atom stereocenters. The van der Waals surface area contributed by atoms with Gasteiger partial charge < -0.3 is 4.90 Å². The molecule has 0 radical (unpaired) electrons. The molecule has 0 saturated heterocycles. The standard InChI is InChI=1S/C14H15N3O/c18-14(16-9-8-15-11-16)17(13-6-7-13)10-12-4-2-1-3-5-12/h1-5,8-9,11,13H,6-7,10H2. The molecule has 4 heteroatoms. The van der Waals surface area contributed by atoms with Crippen LogP contribution in [-0.2, 0) is 6.54 Å². The molecule has 1 aliphatic rings. The first-order valence-electron chi connectivity index (χ1n) is 6.17. The van der Waals surface area contributed by atoms with Crippen molar-refractivity contribution in [2.24, 2.45) is 0 Å². The van der Waals surface area contributed by atoms with E-state index in [0.29, 0.717) is 12.6 Å². The maximum atomic E-state index is 12.3. The average Bonchev–Trinajstić information content (AvgIpc) is 3.10. The van der Waals surface area contributed by atoms with E-state index in [1.165, 1.54) is 0 Å². The number of imidazole rings is 1. The van der Waals surface area contributed by atoms with Gasteiger partial charge in [0.2, 0.25) is 0 Å². The van der Waals surface area contributed by atoms with Crippen LogP contribution in [-0.4, -0.2) is 26.5 Å². The molecule has 1 fully saturated rings. The number of nitrogens with zero attached hydrogens (tertiary/aromatic N) is 3. The normalized spacial score (nSPS) is 14.4. The Hall–Kier alpha value is -2.10. The highest BCUT2D eigenvalue weighted by Crippen LogP contribution is 2.28. The maximum Gasteiger partial charge on any atom is 0.329 e. The SMILES string of the molecule is O=C(N(Cc1ccccc1)C1CC1)n1ccnc1. The van der Waals surface area contributed by atoms with E-state index in [1.54, 1.807) is 23.3 Å². The summed E-state index contributed by atoms with van der Waals surface area (Å²) in [5.74, 6) is 0. The second-order valence-electron chi connectivity index (χ2n) is 4.60. The second kappa shape index (κ2) is 4.64. The highest BCUT2D eigenvalue weighted by Gasteiger charge is 2.33. The Morgan fingerprint density at radius 3 is 2.72 bits per heavy atom. The van der Waals surface area contributed by atoms with Gasteiger partial charge in [0.05, 0.1) is 0 Å². The summed E-state index contributed by atoms with van der Waals surface area (Å²) in [7, 11) is 0. The molecule has 0 bridgehead atoms. The van der Waals surface area contributed by atoms with Crippen LogP contribution in [0.5, 0.6) is 0 Å². The quantitative estimate of drug-likeness (QED) is 0.828. The van der Waals surface area contributed by atoms with Crippen molar-refractivity contribution in [3.63, 3.8) is 0 Å². The van der Waals surface area contributed by atoms with E-state index < -0.39 is 0 Å². The summed E-state index contributed by atoms with van der Waals surface area (Å²) in [6.45, 7) is 0.669. The molecule has 0 aliphatic heterocycles. The minimum Gasteiger partial charge on any atom is -0.317 e. The van der Waals surface area contributed by atoms with Crippen molar-refractivity contribution < 1.29 is 4.79 Å². The molecule has 18 heavy (non-hydrogen) atoms. The summed E-state index contributed by atoms with van der Waals surface area (Å²) in [5, 5.41) is 0. The summed E-state index contributed by atoms with van der Waals surface area (Å²) in [6.07, 6.45) is 7.09. The Morgan fingerprint density at radius 2 is 2.11 bits per heavy atom. The molecule has 3 rings (SSSR count). The van der Waals surface area contributed by atoms with Gasteiger partial charge in [-0.3, -0.25) is 4.57 Å². The molecule has 0 spiro atoms. The maximum absolute atomic E-state index is 12.3. The molecule has 1 aromatic heterocycles. The molecule has 4 nitrogen and oxygen atoms in total. The van der Waals surface area contributed by atoms with E-state index in [-0.39, 0.29) is 6.03 Å². The summed E-state index contributed by atoms with van der Waals surface area (Å²) < 4.78 is 1.54. The number of hydrogen-bond donors (Lipinski definition) is 0. The van der Waals surface area contributed by atoms with Gasteiger partial charge in [0, 0.05) is 25.0 Å². The van der Waals surface area contributed by atoms with E-state index in [4.69, 9.17) is 0 Å². The van der Waals surface area contributed by atoms with Crippen LogP contribution in [0.25, 0.3) is 0 Å². The first-order chi connectivity index (χ1) is 8.84. The zero-order valence-corrected chi connectivity index (χ0v) is 10.1. The molecule has 1 aromatic carbocycles. The molecule has 1 aliphatic carbocycles. The number of rotatable bonds is 3. The van der Waals surface area contributed by atoms with Crippen molar-refractivity contribution in [2.45, 2.75) is 25.4 Å². The minimum absolute atomic E-state index is 0.0128. The monoisotopic (exact) mass is 241 g/mol. The number of carbonyl (C=O) groups excluding carboxylic acids is 1. The molecule has 1 heterocycles. The van der Waals surface area contributed by atoms with Gasteiger partial charge in [-0.2, -0.15) is 0 Å². The molecular weight excluding hydrogens is 226 g/mol. The first kappa shape index (κ1) is 11.0. The smallest absolute Gasteiger partial charge is 0.317 e. The third kappa shape index (κ3) is 2.27. The van der Waals surface area contributed by atoms with Crippen LogP contribution in [0.4, 0.5) is 4.79 Å². The highest BCUT2D eigenvalue weighted by molar-refractivity contribution is 5.77. The van der Waals surface area contributed by atoms with E-state index in [9.17, 15) is 4.79 Å². The van der Waals surface area contributed by atoms with Crippen molar-refractivity contribution in [1.82, 2.24) is 14.5 Å². The summed E-state index contributed by atoms with van der Waals surface area (Å²) >= 11 is 0. The van der Waals surface area contributed by atoms with Crippen molar-refractivity contribution in [3.05, 3.63) is 54.6 Å². The Bertz CT molecular complexity index is 517. The lowest BCUT2D eigenvalue weighted by molar-refractivity contribution is 0.193. The van der Waals surface area contributed by atoms with Crippen molar-refractivity contribution in [1.29, 1.82) is 0 Å².